The zero-order valence-corrected chi connectivity index (χ0v) is 14.1. The third-order valence-corrected chi connectivity index (χ3v) is 3.54. The van der Waals surface area contributed by atoms with Crippen LogP contribution in [0, 0.1) is 18.3 Å². The fourth-order valence-corrected chi connectivity index (χ4v) is 2.44. The van der Waals surface area contributed by atoms with E-state index in [1.54, 1.807) is 31.5 Å². The standard InChI is InChI=1S/C16H14Cl2N4O/c1-10-5-12(9-23-2)14(7-19)16(21-10)22-20-8-11-3-4-13(17)6-15(11)18/h3-6,8H,9H2,1-2H3,(H,21,22). The van der Waals surface area contributed by atoms with Crippen LogP contribution in [-0.2, 0) is 11.3 Å². The van der Waals surface area contributed by atoms with E-state index in [9.17, 15) is 5.26 Å². The zero-order valence-electron chi connectivity index (χ0n) is 12.6. The topological polar surface area (TPSA) is 70.3 Å². The molecule has 0 atom stereocenters. The average molecular weight is 349 g/mol. The second-order valence-electron chi connectivity index (χ2n) is 4.73. The Morgan fingerprint density at radius 2 is 2.17 bits per heavy atom. The molecule has 0 saturated carbocycles. The molecule has 1 aromatic carbocycles. The van der Waals surface area contributed by atoms with E-state index in [-0.39, 0.29) is 0 Å². The summed E-state index contributed by atoms with van der Waals surface area (Å²) in [5, 5.41) is 14.5. The molecule has 0 unspecified atom stereocenters. The summed E-state index contributed by atoms with van der Waals surface area (Å²) in [6.45, 7) is 2.17. The van der Waals surface area contributed by atoms with Crippen LogP contribution in [-0.4, -0.2) is 18.3 Å². The number of nitriles is 1. The first-order valence-electron chi connectivity index (χ1n) is 6.69. The first-order valence-corrected chi connectivity index (χ1v) is 7.44. The van der Waals surface area contributed by atoms with Crippen LogP contribution in [0.3, 0.4) is 0 Å². The maximum absolute atomic E-state index is 9.33. The third-order valence-electron chi connectivity index (χ3n) is 2.98. The largest absolute Gasteiger partial charge is 0.380 e. The molecule has 0 saturated heterocycles. The molecule has 0 spiro atoms. The van der Waals surface area contributed by atoms with E-state index in [0.717, 1.165) is 11.3 Å². The van der Waals surface area contributed by atoms with Crippen molar-refractivity contribution in [2.45, 2.75) is 13.5 Å². The predicted molar refractivity (Wildman–Crippen MR) is 92.1 cm³/mol. The predicted octanol–water partition coefficient (Wildman–Crippen LogP) is 4.16. The fraction of sp³-hybridized carbons (Fsp3) is 0.188. The Balaban J connectivity index is 2.26. The van der Waals surface area contributed by atoms with E-state index in [1.165, 1.54) is 0 Å². The number of hydrogen-bond acceptors (Lipinski definition) is 5. The van der Waals surface area contributed by atoms with Crippen molar-refractivity contribution in [1.29, 1.82) is 5.26 Å². The highest BCUT2D eigenvalue weighted by Crippen LogP contribution is 2.21. The lowest BCUT2D eigenvalue weighted by Crippen LogP contribution is -2.03. The summed E-state index contributed by atoms with van der Waals surface area (Å²) in [5.41, 5.74) is 5.40. The Morgan fingerprint density at radius 1 is 1.39 bits per heavy atom. The van der Waals surface area contributed by atoms with E-state index < -0.39 is 0 Å². The normalized spacial score (nSPS) is 10.7. The first kappa shape index (κ1) is 17.2. The molecule has 2 aromatic rings. The molecule has 0 radical (unpaired) electrons. The van der Waals surface area contributed by atoms with Crippen molar-refractivity contribution in [2.75, 3.05) is 12.5 Å². The van der Waals surface area contributed by atoms with E-state index in [1.807, 2.05) is 13.0 Å². The number of aryl methyl sites for hydroxylation is 1. The number of nitrogens with zero attached hydrogens (tertiary/aromatic N) is 3. The lowest BCUT2D eigenvalue weighted by atomic mass is 10.1. The number of hydrazone groups is 1. The van der Waals surface area contributed by atoms with E-state index in [4.69, 9.17) is 27.9 Å². The molecule has 0 aliphatic heterocycles. The zero-order chi connectivity index (χ0) is 16.8. The number of halogens is 2. The van der Waals surface area contributed by atoms with Crippen LogP contribution in [0.25, 0.3) is 0 Å². The van der Waals surface area contributed by atoms with Gasteiger partial charge >= 0.3 is 0 Å². The van der Waals surface area contributed by atoms with Crippen molar-refractivity contribution >= 4 is 35.2 Å². The van der Waals surface area contributed by atoms with Gasteiger partial charge < -0.3 is 4.74 Å². The van der Waals surface area contributed by atoms with Gasteiger partial charge in [-0.05, 0) is 25.1 Å². The second kappa shape index (κ2) is 7.93. The highest BCUT2D eigenvalue weighted by molar-refractivity contribution is 6.36. The molecule has 5 nitrogen and oxygen atoms in total. The Hall–Kier alpha value is -2.13. The highest BCUT2D eigenvalue weighted by atomic mass is 35.5. The molecule has 0 aliphatic carbocycles. The van der Waals surface area contributed by atoms with Gasteiger partial charge in [0.2, 0.25) is 0 Å². The van der Waals surface area contributed by atoms with Gasteiger partial charge in [-0.15, -0.1) is 0 Å². The smallest absolute Gasteiger partial charge is 0.164 e. The summed E-state index contributed by atoms with van der Waals surface area (Å²) in [6, 6.07) is 9.04. The Labute approximate surface area is 144 Å². The molecule has 0 fully saturated rings. The molecule has 118 valence electrons. The molecule has 7 heteroatoms. The maximum Gasteiger partial charge on any atom is 0.164 e. The SMILES string of the molecule is COCc1cc(C)nc(NN=Cc2ccc(Cl)cc2Cl)c1C#N. The summed E-state index contributed by atoms with van der Waals surface area (Å²) in [4.78, 5) is 4.30. The molecule has 1 aromatic heterocycles. The molecular formula is C16H14Cl2N4O. The Bertz CT molecular complexity index is 784. The van der Waals surface area contributed by atoms with Gasteiger partial charge in [0, 0.05) is 29.0 Å². The van der Waals surface area contributed by atoms with Crippen LogP contribution in [0.1, 0.15) is 22.4 Å². The van der Waals surface area contributed by atoms with Gasteiger partial charge in [-0.2, -0.15) is 10.4 Å². The van der Waals surface area contributed by atoms with Crippen LogP contribution >= 0.6 is 23.2 Å². The van der Waals surface area contributed by atoms with Crippen molar-refractivity contribution in [3.63, 3.8) is 0 Å². The lowest BCUT2D eigenvalue weighted by molar-refractivity contribution is 0.184. The van der Waals surface area contributed by atoms with Gasteiger partial charge in [-0.3, -0.25) is 5.43 Å². The highest BCUT2D eigenvalue weighted by Gasteiger charge is 2.10. The van der Waals surface area contributed by atoms with Gasteiger partial charge in [0.1, 0.15) is 11.6 Å². The number of hydrogen-bond donors (Lipinski definition) is 1. The van der Waals surface area contributed by atoms with Gasteiger partial charge in [0.05, 0.1) is 17.8 Å². The monoisotopic (exact) mass is 348 g/mol. The summed E-state index contributed by atoms with van der Waals surface area (Å²) in [7, 11) is 1.57. The summed E-state index contributed by atoms with van der Waals surface area (Å²) in [6.07, 6.45) is 1.54. The molecule has 1 heterocycles. The summed E-state index contributed by atoms with van der Waals surface area (Å²) in [5.74, 6) is 0.376. The van der Waals surface area contributed by atoms with Gasteiger partial charge in [-0.25, -0.2) is 4.98 Å². The van der Waals surface area contributed by atoms with Crippen molar-refractivity contribution in [2.24, 2.45) is 5.10 Å². The lowest BCUT2D eigenvalue weighted by Gasteiger charge is -2.09. The third kappa shape index (κ3) is 4.42. The van der Waals surface area contributed by atoms with Crippen LogP contribution in [0.2, 0.25) is 10.0 Å². The molecular weight excluding hydrogens is 335 g/mol. The second-order valence-corrected chi connectivity index (χ2v) is 5.57. The number of aromatic nitrogens is 1. The van der Waals surface area contributed by atoms with Crippen molar-refractivity contribution in [3.05, 3.63) is 56.7 Å². The van der Waals surface area contributed by atoms with Crippen molar-refractivity contribution in [1.82, 2.24) is 4.98 Å². The number of anilines is 1. The minimum atomic E-state index is 0.327. The van der Waals surface area contributed by atoms with Crippen LogP contribution < -0.4 is 5.43 Å². The Kier molecular flexibility index (Phi) is 5.94. The molecule has 1 N–H and O–H groups in total. The van der Waals surface area contributed by atoms with E-state index in [0.29, 0.717) is 33.6 Å². The number of pyridine rings is 1. The minimum Gasteiger partial charge on any atom is -0.380 e. The van der Waals surface area contributed by atoms with E-state index in [2.05, 4.69) is 21.6 Å². The quantitative estimate of drug-likeness (QED) is 0.650. The van der Waals surface area contributed by atoms with Gasteiger partial charge in [0.25, 0.3) is 0 Å². The summed E-state index contributed by atoms with van der Waals surface area (Å²) < 4.78 is 5.11. The number of methoxy groups -OCH3 is 1. The average Bonchev–Trinajstić information content (AvgIpc) is 2.49. The van der Waals surface area contributed by atoms with Crippen LogP contribution in [0.5, 0.6) is 0 Å². The van der Waals surface area contributed by atoms with Crippen molar-refractivity contribution in [3.8, 4) is 6.07 Å². The minimum absolute atomic E-state index is 0.327. The van der Waals surface area contributed by atoms with Gasteiger partial charge in [0.15, 0.2) is 5.82 Å². The molecule has 0 amide bonds. The number of nitrogens with one attached hydrogen (secondary N) is 1. The number of ether oxygens (including phenoxy) is 1. The number of benzene rings is 1. The molecule has 23 heavy (non-hydrogen) atoms. The Morgan fingerprint density at radius 3 is 2.83 bits per heavy atom. The molecule has 2 rings (SSSR count). The summed E-state index contributed by atoms with van der Waals surface area (Å²) >= 11 is 11.9. The number of rotatable bonds is 5. The molecule has 0 aliphatic rings. The maximum atomic E-state index is 9.33. The van der Waals surface area contributed by atoms with Crippen LogP contribution in [0.15, 0.2) is 29.4 Å². The molecule has 0 bridgehead atoms. The first-order chi connectivity index (χ1) is 11.0. The fourth-order valence-electron chi connectivity index (χ4n) is 1.99. The van der Waals surface area contributed by atoms with E-state index >= 15 is 0 Å². The van der Waals surface area contributed by atoms with Gasteiger partial charge in [-0.1, -0.05) is 29.3 Å². The van der Waals surface area contributed by atoms with Crippen LogP contribution in [0.4, 0.5) is 5.82 Å². The van der Waals surface area contributed by atoms with Crippen molar-refractivity contribution < 1.29 is 4.74 Å².